The Bertz CT molecular complexity index is 815. The maximum absolute atomic E-state index is 12.1. The fourth-order valence-electron chi connectivity index (χ4n) is 2.17. The zero-order valence-electron chi connectivity index (χ0n) is 11.7. The number of nitrogens with zero attached hydrogens (tertiary/aromatic N) is 1. The Morgan fingerprint density at radius 2 is 2.00 bits per heavy atom. The zero-order chi connectivity index (χ0) is 15.7. The van der Waals surface area contributed by atoms with Crippen LogP contribution in [0.2, 0.25) is 0 Å². The summed E-state index contributed by atoms with van der Waals surface area (Å²) in [5.74, 6) is -0.202. The summed E-state index contributed by atoms with van der Waals surface area (Å²) in [6.45, 7) is 1.69. The minimum atomic E-state index is -0.416. The van der Waals surface area contributed by atoms with Gasteiger partial charge in [0.25, 0.3) is 11.6 Å². The highest BCUT2D eigenvalue weighted by Crippen LogP contribution is 2.38. The van der Waals surface area contributed by atoms with E-state index in [1.165, 1.54) is 17.8 Å². The van der Waals surface area contributed by atoms with Crippen LogP contribution in [-0.2, 0) is 4.79 Å². The molecule has 0 saturated carbocycles. The number of nitro groups is 1. The fraction of sp³-hybridized carbons (Fsp3) is 0.0625. The van der Waals surface area contributed by atoms with E-state index in [2.05, 4.69) is 5.32 Å². The van der Waals surface area contributed by atoms with E-state index in [1.54, 1.807) is 25.1 Å². The second kappa shape index (κ2) is 5.65. The number of benzene rings is 2. The summed E-state index contributed by atoms with van der Waals surface area (Å²) in [5, 5.41) is 13.8. The number of para-hydroxylation sites is 1. The monoisotopic (exact) mass is 312 g/mol. The number of carbonyl (C=O) groups excluding carboxylic acids is 1. The Kier molecular flexibility index (Phi) is 3.68. The molecule has 1 N–H and O–H groups in total. The molecule has 0 fully saturated rings. The molecule has 5 nitrogen and oxygen atoms in total. The van der Waals surface area contributed by atoms with E-state index in [-0.39, 0.29) is 11.6 Å². The summed E-state index contributed by atoms with van der Waals surface area (Å²) in [5.41, 5.74) is 2.06. The lowest BCUT2D eigenvalue weighted by Gasteiger charge is -2.18. The van der Waals surface area contributed by atoms with Gasteiger partial charge in [-0.25, -0.2) is 0 Å². The second-order valence-electron chi connectivity index (χ2n) is 4.86. The van der Waals surface area contributed by atoms with Crippen molar-refractivity contribution in [2.45, 2.75) is 11.8 Å². The highest BCUT2D eigenvalue weighted by Gasteiger charge is 2.21. The molecule has 2 aromatic carbocycles. The Morgan fingerprint density at radius 3 is 2.77 bits per heavy atom. The smallest absolute Gasteiger partial charge is 0.272 e. The van der Waals surface area contributed by atoms with E-state index in [9.17, 15) is 14.9 Å². The Balaban J connectivity index is 1.98. The minimum absolute atomic E-state index is 0.0518. The number of nitro benzene ring substituents is 1. The third kappa shape index (κ3) is 2.73. The van der Waals surface area contributed by atoms with Crippen LogP contribution in [-0.4, -0.2) is 10.8 Å². The number of aryl methyl sites for hydroxylation is 1. The first-order valence-corrected chi connectivity index (χ1v) is 7.41. The van der Waals surface area contributed by atoms with Crippen molar-refractivity contribution in [1.82, 2.24) is 0 Å². The van der Waals surface area contributed by atoms with E-state index in [0.717, 1.165) is 10.6 Å². The molecular formula is C16H12N2O3S. The Hall–Kier alpha value is -2.60. The van der Waals surface area contributed by atoms with Gasteiger partial charge in [-0.15, -0.1) is 0 Å². The quantitative estimate of drug-likeness (QED) is 0.517. The lowest BCUT2D eigenvalue weighted by atomic mass is 10.1. The van der Waals surface area contributed by atoms with Crippen LogP contribution in [0.4, 0.5) is 11.4 Å². The normalized spacial score (nSPS) is 15.3. The fourth-order valence-corrected chi connectivity index (χ4v) is 3.12. The highest BCUT2D eigenvalue weighted by molar-refractivity contribution is 8.04. The van der Waals surface area contributed by atoms with Gasteiger partial charge in [0.2, 0.25) is 0 Å². The predicted molar refractivity (Wildman–Crippen MR) is 86.7 cm³/mol. The summed E-state index contributed by atoms with van der Waals surface area (Å²) in [6.07, 6.45) is 1.67. The van der Waals surface area contributed by atoms with E-state index in [4.69, 9.17) is 0 Å². The number of hydrogen-bond donors (Lipinski definition) is 1. The molecule has 6 heteroatoms. The van der Waals surface area contributed by atoms with Gasteiger partial charge in [-0.05, 0) is 30.7 Å². The van der Waals surface area contributed by atoms with Gasteiger partial charge in [0.05, 0.1) is 15.5 Å². The molecule has 0 bridgehead atoms. The van der Waals surface area contributed by atoms with Gasteiger partial charge in [0, 0.05) is 16.5 Å². The number of rotatable bonds is 2. The second-order valence-corrected chi connectivity index (χ2v) is 5.95. The summed E-state index contributed by atoms with van der Waals surface area (Å²) < 4.78 is 0. The molecule has 0 aromatic heterocycles. The molecule has 2 aromatic rings. The zero-order valence-corrected chi connectivity index (χ0v) is 12.5. The molecule has 0 aliphatic carbocycles. The summed E-state index contributed by atoms with van der Waals surface area (Å²) in [6, 6.07) is 12.5. The van der Waals surface area contributed by atoms with Gasteiger partial charge in [0.1, 0.15) is 0 Å². The van der Waals surface area contributed by atoms with Gasteiger partial charge in [0.15, 0.2) is 0 Å². The SMILES string of the molecule is Cc1ccc(/C=C2/Sc3ccccc3NC2=O)cc1[N+](=O)[O-]. The standard InChI is InChI=1S/C16H12N2O3S/c1-10-6-7-11(8-13(10)18(20)21)9-15-16(19)17-12-4-2-3-5-14(12)22-15/h2-9H,1H3,(H,17,19)/b15-9+. The van der Waals surface area contributed by atoms with Crippen molar-refractivity contribution >= 4 is 35.1 Å². The van der Waals surface area contributed by atoms with Crippen LogP contribution in [0.3, 0.4) is 0 Å². The largest absolute Gasteiger partial charge is 0.320 e. The van der Waals surface area contributed by atoms with Gasteiger partial charge in [-0.2, -0.15) is 0 Å². The van der Waals surface area contributed by atoms with Crippen LogP contribution < -0.4 is 5.32 Å². The van der Waals surface area contributed by atoms with Crippen molar-refractivity contribution in [2.75, 3.05) is 5.32 Å². The average Bonchev–Trinajstić information content (AvgIpc) is 2.49. The number of nitrogens with one attached hydrogen (secondary N) is 1. The third-order valence-electron chi connectivity index (χ3n) is 3.31. The third-order valence-corrected chi connectivity index (χ3v) is 4.41. The van der Waals surface area contributed by atoms with Crippen molar-refractivity contribution in [2.24, 2.45) is 0 Å². The van der Waals surface area contributed by atoms with Gasteiger partial charge in [-0.1, -0.05) is 36.0 Å². The minimum Gasteiger partial charge on any atom is -0.320 e. The average molecular weight is 312 g/mol. The molecule has 0 saturated heterocycles. The molecule has 1 aliphatic rings. The Labute approximate surface area is 131 Å². The van der Waals surface area contributed by atoms with Gasteiger partial charge in [-0.3, -0.25) is 14.9 Å². The lowest BCUT2D eigenvalue weighted by molar-refractivity contribution is -0.385. The van der Waals surface area contributed by atoms with Crippen molar-refractivity contribution in [1.29, 1.82) is 0 Å². The van der Waals surface area contributed by atoms with Crippen LogP contribution in [0.1, 0.15) is 11.1 Å². The van der Waals surface area contributed by atoms with Crippen molar-refractivity contribution < 1.29 is 9.72 Å². The van der Waals surface area contributed by atoms with Crippen molar-refractivity contribution in [3.05, 3.63) is 68.6 Å². The van der Waals surface area contributed by atoms with Crippen molar-refractivity contribution in [3.8, 4) is 0 Å². The number of hydrogen-bond acceptors (Lipinski definition) is 4. The first-order chi connectivity index (χ1) is 10.5. The number of fused-ring (bicyclic) bond motifs is 1. The lowest BCUT2D eigenvalue weighted by Crippen LogP contribution is -2.17. The molecule has 3 rings (SSSR count). The summed E-state index contributed by atoms with van der Waals surface area (Å²) >= 11 is 1.36. The van der Waals surface area contributed by atoms with Crippen molar-refractivity contribution in [3.63, 3.8) is 0 Å². The summed E-state index contributed by atoms with van der Waals surface area (Å²) in [4.78, 5) is 24.2. The van der Waals surface area contributed by atoms with Crippen LogP contribution in [0.15, 0.2) is 52.3 Å². The van der Waals surface area contributed by atoms with Gasteiger partial charge < -0.3 is 5.32 Å². The highest BCUT2D eigenvalue weighted by atomic mass is 32.2. The molecule has 0 unspecified atom stereocenters. The van der Waals surface area contributed by atoms with Crippen LogP contribution in [0.5, 0.6) is 0 Å². The molecule has 1 aliphatic heterocycles. The van der Waals surface area contributed by atoms with E-state index in [0.29, 0.717) is 16.0 Å². The maximum atomic E-state index is 12.1. The van der Waals surface area contributed by atoms with Crippen LogP contribution in [0, 0.1) is 17.0 Å². The van der Waals surface area contributed by atoms with Crippen LogP contribution in [0.25, 0.3) is 6.08 Å². The van der Waals surface area contributed by atoms with Gasteiger partial charge >= 0.3 is 0 Å². The Morgan fingerprint density at radius 1 is 1.23 bits per heavy atom. The molecule has 0 atom stereocenters. The summed E-state index contributed by atoms with van der Waals surface area (Å²) in [7, 11) is 0. The van der Waals surface area contributed by atoms with E-state index >= 15 is 0 Å². The topological polar surface area (TPSA) is 72.2 Å². The maximum Gasteiger partial charge on any atom is 0.272 e. The molecular weight excluding hydrogens is 300 g/mol. The molecule has 1 heterocycles. The van der Waals surface area contributed by atoms with E-state index in [1.807, 2.05) is 24.3 Å². The molecule has 110 valence electrons. The first kappa shape index (κ1) is 14.3. The predicted octanol–water partition coefficient (Wildman–Crippen LogP) is 3.99. The number of carbonyl (C=O) groups is 1. The van der Waals surface area contributed by atoms with Crippen LogP contribution >= 0.6 is 11.8 Å². The number of anilines is 1. The molecule has 0 radical (unpaired) electrons. The molecule has 0 spiro atoms. The number of thioether (sulfide) groups is 1. The number of amides is 1. The molecule has 1 amide bonds. The van der Waals surface area contributed by atoms with E-state index < -0.39 is 4.92 Å². The molecule has 22 heavy (non-hydrogen) atoms. The first-order valence-electron chi connectivity index (χ1n) is 6.59.